The molecule has 0 bridgehead atoms. The van der Waals surface area contributed by atoms with Crippen molar-refractivity contribution in [2.24, 2.45) is 0 Å². The van der Waals surface area contributed by atoms with Gasteiger partial charge in [0, 0.05) is 34.8 Å². The molecule has 3 rings (SSSR count). The lowest BCUT2D eigenvalue weighted by atomic mass is 10.1. The Bertz CT molecular complexity index is 1280. The highest BCUT2D eigenvalue weighted by molar-refractivity contribution is 5.97. The summed E-state index contributed by atoms with van der Waals surface area (Å²) >= 11 is 0. The molecule has 3 amide bonds. The Morgan fingerprint density at radius 3 is 2.08 bits per heavy atom. The Morgan fingerprint density at radius 2 is 1.51 bits per heavy atom. The summed E-state index contributed by atoms with van der Waals surface area (Å²) < 4.78 is 0. The Kier molecular flexibility index (Phi) is 12.3. The number of anilines is 1. The Labute approximate surface area is 227 Å². The van der Waals surface area contributed by atoms with Gasteiger partial charge in [-0.25, -0.2) is 5.48 Å². The van der Waals surface area contributed by atoms with E-state index >= 15 is 0 Å². The van der Waals surface area contributed by atoms with Gasteiger partial charge in [-0.2, -0.15) is 0 Å². The van der Waals surface area contributed by atoms with Gasteiger partial charge in [-0.1, -0.05) is 19.3 Å². The van der Waals surface area contributed by atoms with Gasteiger partial charge in [0.1, 0.15) is 6.04 Å². The molecule has 2 atom stereocenters. The van der Waals surface area contributed by atoms with Gasteiger partial charge in [0.25, 0.3) is 11.8 Å². The van der Waals surface area contributed by atoms with Crippen molar-refractivity contribution in [2.45, 2.75) is 32.9 Å². The lowest BCUT2D eigenvalue weighted by Gasteiger charge is -2.19. The Balaban J connectivity index is 0.00000533. The fourth-order valence-electron chi connectivity index (χ4n) is 3.37. The maximum atomic E-state index is 12.4. The topological polar surface area (TPSA) is 153 Å². The van der Waals surface area contributed by atoms with E-state index < -0.39 is 24.0 Å². The van der Waals surface area contributed by atoms with Crippen molar-refractivity contribution < 1.29 is 24.7 Å². The van der Waals surface area contributed by atoms with Crippen LogP contribution in [0.4, 0.5) is 5.69 Å². The number of hydroxylamine groups is 1. The van der Waals surface area contributed by atoms with E-state index in [0.717, 1.165) is 17.5 Å². The van der Waals surface area contributed by atoms with Gasteiger partial charge in [-0.15, -0.1) is 0 Å². The first-order valence-corrected chi connectivity index (χ1v) is 11.9. The summed E-state index contributed by atoms with van der Waals surface area (Å²) in [5, 5.41) is 26.7. The third-order valence-electron chi connectivity index (χ3n) is 5.45. The van der Waals surface area contributed by atoms with E-state index in [-0.39, 0.29) is 25.4 Å². The van der Waals surface area contributed by atoms with Crippen LogP contribution >= 0.6 is 0 Å². The van der Waals surface area contributed by atoms with Crippen molar-refractivity contribution in [1.82, 2.24) is 21.1 Å². The molecule has 0 radical (unpaired) electrons. The number of rotatable bonds is 10. The minimum Gasteiger partial charge on any atom is -0.391 e. The summed E-state index contributed by atoms with van der Waals surface area (Å²) in [6.07, 6.45) is 3.10. The van der Waals surface area contributed by atoms with Gasteiger partial charge in [0.2, 0.25) is 5.91 Å². The molecule has 0 aliphatic rings. The zero-order valence-corrected chi connectivity index (χ0v) is 20.8. The van der Waals surface area contributed by atoms with Crippen LogP contribution in [0.3, 0.4) is 0 Å². The number of nitrogens with zero attached hydrogens (tertiary/aromatic N) is 1. The van der Waals surface area contributed by atoms with Crippen molar-refractivity contribution in [1.29, 1.82) is 0 Å². The molecule has 39 heavy (non-hydrogen) atoms. The van der Waals surface area contributed by atoms with Crippen molar-refractivity contribution >= 4 is 23.4 Å². The molecule has 10 heteroatoms. The van der Waals surface area contributed by atoms with Gasteiger partial charge in [-0.05, 0) is 86.1 Å². The summed E-state index contributed by atoms with van der Waals surface area (Å²) in [6, 6.07) is 16.1. The monoisotopic (exact) mass is 531 g/mol. The van der Waals surface area contributed by atoms with E-state index in [4.69, 9.17) is 5.21 Å². The smallest absolute Gasteiger partial charge is 0.268 e. The van der Waals surface area contributed by atoms with Gasteiger partial charge in [0.05, 0.1) is 12.6 Å². The average Bonchev–Trinajstić information content (AvgIpc) is 2.94. The SMILES string of the molecule is C.C[C@@H](O)[C@H](NC(=O)c1ccc(C#Cc2ccc(NC(=O)CNCCc3ccncc3)cc2)cc1)C(=O)NO. The maximum Gasteiger partial charge on any atom is 0.268 e. The number of aliphatic hydroxyl groups excluding tert-OH is 1. The molecule has 1 aromatic heterocycles. The highest BCUT2D eigenvalue weighted by Crippen LogP contribution is 2.10. The van der Waals surface area contributed by atoms with E-state index in [1.165, 1.54) is 12.4 Å². The second-order valence-corrected chi connectivity index (χ2v) is 8.40. The summed E-state index contributed by atoms with van der Waals surface area (Å²) in [6.45, 7) is 2.21. The Hall–Kier alpha value is -4.56. The molecular formula is C29H33N5O5. The number of aliphatic hydroxyl groups is 1. The van der Waals surface area contributed by atoms with Crippen LogP contribution in [0.5, 0.6) is 0 Å². The average molecular weight is 532 g/mol. The molecule has 0 unspecified atom stereocenters. The predicted molar refractivity (Wildman–Crippen MR) is 148 cm³/mol. The number of amides is 3. The lowest BCUT2D eigenvalue weighted by molar-refractivity contribution is -0.133. The molecule has 3 aromatic rings. The van der Waals surface area contributed by atoms with Crippen LogP contribution in [-0.4, -0.2) is 58.3 Å². The third kappa shape index (κ3) is 10.0. The molecule has 0 saturated carbocycles. The molecule has 1 heterocycles. The second kappa shape index (κ2) is 15.6. The largest absolute Gasteiger partial charge is 0.391 e. The summed E-state index contributed by atoms with van der Waals surface area (Å²) in [5.41, 5.74) is 4.91. The van der Waals surface area contributed by atoms with Crippen LogP contribution in [-0.2, 0) is 16.0 Å². The number of carbonyl (C=O) groups is 3. The quantitative estimate of drug-likeness (QED) is 0.101. The van der Waals surface area contributed by atoms with Crippen LogP contribution in [0.25, 0.3) is 0 Å². The van der Waals surface area contributed by atoms with Crippen LogP contribution in [0.2, 0.25) is 0 Å². The molecule has 0 aliphatic carbocycles. The van der Waals surface area contributed by atoms with Gasteiger partial charge < -0.3 is 21.1 Å². The molecule has 0 aliphatic heterocycles. The van der Waals surface area contributed by atoms with E-state index in [1.54, 1.807) is 60.9 Å². The van der Waals surface area contributed by atoms with Crippen molar-refractivity contribution in [3.8, 4) is 11.8 Å². The highest BCUT2D eigenvalue weighted by atomic mass is 16.5. The molecule has 0 fully saturated rings. The Morgan fingerprint density at radius 1 is 0.923 bits per heavy atom. The number of hydrogen-bond acceptors (Lipinski definition) is 7. The first-order chi connectivity index (χ1) is 18.4. The number of nitrogens with one attached hydrogen (secondary N) is 4. The number of carbonyl (C=O) groups excluding carboxylic acids is 3. The predicted octanol–water partition coefficient (Wildman–Crippen LogP) is 1.87. The van der Waals surface area contributed by atoms with Gasteiger partial charge in [0.15, 0.2) is 0 Å². The van der Waals surface area contributed by atoms with Gasteiger partial charge >= 0.3 is 0 Å². The number of benzene rings is 2. The van der Waals surface area contributed by atoms with Crippen molar-refractivity contribution in [3.05, 3.63) is 95.3 Å². The first kappa shape index (κ1) is 30.7. The van der Waals surface area contributed by atoms with E-state index in [1.807, 2.05) is 12.1 Å². The first-order valence-electron chi connectivity index (χ1n) is 11.9. The lowest BCUT2D eigenvalue weighted by Crippen LogP contribution is -2.51. The molecule has 0 spiro atoms. The van der Waals surface area contributed by atoms with Crippen LogP contribution < -0.4 is 21.4 Å². The minimum absolute atomic E-state index is 0. The normalized spacial score (nSPS) is 11.6. The fourth-order valence-corrected chi connectivity index (χ4v) is 3.37. The molecule has 2 aromatic carbocycles. The highest BCUT2D eigenvalue weighted by Gasteiger charge is 2.25. The number of pyridine rings is 1. The summed E-state index contributed by atoms with van der Waals surface area (Å²) in [5.74, 6) is 4.38. The van der Waals surface area contributed by atoms with Crippen molar-refractivity contribution in [3.63, 3.8) is 0 Å². The second-order valence-electron chi connectivity index (χ2n) is 8.40. The standard InChI is InChI=1S/C28H29N5O5.CH4/c1-19(34)26(28(37)33-38)32-27(36)23-8-4-20(5-9-23)2-3-21-6-10-24(11-7-21)31-25(35)18-30-17-14-22-12-15-29-16-13-22;/h4-13,15-16,19,26,30,34,38H,14,17-18H2,1H3,(H,31,35)(H,32,36)(H,33,37);1H4/t19-,26+;/m1./s1. The molecule has 0 saturated heterocycles. The van der Waals surface area contributed by atoms with Crippen LogP contribution in [0.15, 0.2) is 73.1 Å². The van der Waals surface area contributed by atoms with Gasteiger partial charge in [-0.3, -0.25) is 24.6 Å². The molecular weight excluding hydrogens is 498 g/mol. The summed E-state index contributed by atoms with van der Waals surface area (Å²) in [4.78, 5) is 40.1. The summed E-state index contributed by atoms with van der Waals surface area (Å²) in [7, 11) is 0. The van der Waals surface area contributed by atoms with E-state index in [2.05, 4.69) is 32.8 Å². The zero-order chi connectivity index (χ0) is 27.3. The fraction of sp³-hybridized carbons (Fsp3) is 0.241. The minimum atomic E-state index is -1.30. The number of aromatic nitrogens is 1. The maximum absolute atomic E-state index is 12.4. The zero-order valence-electron chi connectivity index (χ0n) is 20.8. The molecule has 204 valence electrons. The van der Waals surface area contributed by atoms with Crippen molar-refractivity contribution in [2.75, 3.05) is 18.4 Å². The third-order valence-corrected chi connectivity index (χ3v) is 5.45. The van der Waals surface area contributed by atoms with E-state index in [9.17, 15) is 19.5 Å². The van der Waals surface area contributed by atoms with Crippen LogP contribution in [0.1, 0.15) is 41.4 Å². The molecule has 6 N–H and O–H groups in total. The van der Waals surface area contributed by atoms with Crippen LogP contribution in [0, 0.1) is 11.8 Å². The molecule has 10 nitrogen and oxygen atoms in total. The van der Waals surface area contributed by atoms with E-state index in [0.29, 0.717) is 17.8 Å². The number of hydrogen-bond donors (Lipinski definition) is 6.